The highest BCUT2D eigenvalue weighted by Crippen LogP contribution is 2.14. The average molecular weight is 248 g/mol. The Hall–Kier alpha value is -2.08. The smallest absolute Gasteiger partial charge is 0.288 e. The van der Waals surface area contributed by atoms with Crippen molar-refractivity contribution < 1.29 is 9.63 Å². The Balaban J connectivity index is 2.33. The lowest BCUT2D eigenvalue weighted by Gasteiger charge is -2.12. The molecule has 96 valence electrons. The van der Waals surface area contributed by atoms with Crippen LogP contribution < -0.4 is 10.6 Å². The molecule has 0 bridgehead atoms. The summed E-state index contributed by atoms with van der Waals surface area (Å²) in [7, 11) is 3.90. The number of primary amides is 1. The number of carbonyl (C=O) groups excluding carboxylic acids is 1. The van der Waals surface area contributed by atoms with Crippen LogP contribution in [-0.2, 0) is 0 Å². The van der Waals surface area contributed by atoms with Gasteiger partial charge in [-0.05, 0) is 26.2 Å². The van der Waals surface area contributed by atoms with Gasteiger partial charge in [0.25, 0.3) is 5.91 Å². The van der Waals surface area contributed by atoms with Crippen molar-refractivity contribution in [3.63, 3.8) is 0 Å². The van der Waals surface area contributed by atoms with Gasteiger partial charge in [0.15, 0.2) is 0 Å². The zero-order chi connectivity index (χ0) is 13.1. The Morgan fingerprint density at radius 3 is 2.83 bits per heavy atom. The van der Waals surface area contributed by atoms with Gasteiger partial charge in [0.1, 0.15) is 12.1 Å². The Labute approximate surface area is 105 Å². The van der Waals surface area contributed by atoms with E-state index in [9.17, 15) is 4.79 Å². The molecule has 0 spiro atoms. The summed E-state index contributed by atoms with van der Waals surface area (Å²) in [4.78, 5) is 23.1. The van der Waals surface area contributed by atoms with Gasteiger partial charge in [0.05, 0.1) is 5.52 Å². The van der Waals surface area contributed by atoms with Crippen molar-refractivity contribution in [3.8, 4) is 0 Å². The summed E-state index contributed by atoms with van der Waals surface area (Å²) >= 11 is 0. The first kappa shape index (κ1) is 12.4. The van der Waals surface area contributed by atoms with Crippen molar-refractivity contribution in [2.45, 2.75) is 0 Å². The van der Waals surface area contributed by atoms with Crippen LogP contribution in [-0.4, -0.2) is 47.8 Å². The number of imidazole rings is 1. The molecule has 1 heterocycles. The number of rotatable bonds is 5. The van der Waals surface area contributed by atoms with E-state index < -0.39 is 5.91 Å². The van der Waals surface area contributed by atoms with E-state index in [-0.39, 0.29) is 5.82 Å². The molecule has 1 aromatic carbocycles. The molecule has 0 saturated carbocycles. The third-order valence-electron chi connectivity index (χ3n) is 2.50. The van der Waals surface area contributed by atoms with Crippen molar-refractivity contribution in [2.75, 3.05) is 27.2 Å². The highest BCUT2D eigenvalue weighted by Gasteiger charge is 2.15. The summed E-state index contributed by atoms with van der Waals surface area (Å²) in [6.45, 7) is 1.19. The van der Waals surface area contributed by atoms with Crippen LogP contribution in [0.15, 0.2) is 24.3 Å². The number of nitrogens with two attached hydrogens (primary N) is 1. The fraction of sp³-hybridized carbons (Fsp3) is 0.333. The summed E-state index contributed by atoms with van der Waals surface area (Å²) in [6.07, 6.45) is 0. The fourth-order valence-corrected chi connectivity index (χ4v) is 1.60. The van der Waals surface area contributed by atoms with E-state index in [0.717, 1.165) is 12.1 Å². The number of aromatic nitrogens is 2. The largest absolute Gasteiger partial charge is 0.410 e. The molecule has 6 heteroatoms. The van der Waals surface area contributed by atoms with E-state index in [0.29, 0.717) is 12.1 Å². The third-order valence-corrected chi connectivity index (χ3v) is 2.50. The van der Waals surface area contributed by atoms with Crippen LogP contribution in [0.1, 0.15) is 10.6 Å². The Kier molecular flexibility index (Phi) is 3.47. The minimum atomic E-state index is -0.601. The number of hydrogen-bond donors (Lipinski definition) is 1. The number of benzene rings is 1. The molecule has 0 fully saturated rings. The van der Waals surface area contributed by atoms with Crippen molar-refractivity contribution in [1.29, 1.82) is 0 Å². The highest BCUT2D eigenvalue weighted by atomic mass is 16.7. The number of fused-ring (bicyclic) bond motifs is 1. The summed E-state index contributed by atoms with van der Waals surface area (Å²) in [5.41, 5.74) is 6.73. The number of nitrogens with zero attached hydrogens (tertiary/aromatic N) is 3. The minimum Gasteiger partial charge on any atom is -0.410 e. The molecule has 0 aliphatic heterocycles. The molecule has 0 aliphatic carbocycles. The number of para-hydroxylation sites is 2. The van der Waals surface area contributed by atoms with Gasteiger partial charge in [0, 0.05) is 6.54 Å². The zero-order valence-corrected chi connectivity index (χ0v) is 10.5. The predicted molar refractivity (Wildman–Crippen MR) is 68.3 cm³/mol. The van der Waals surface area contributed by atoms with Gasteiger partial charge in [-0.1, -0.05) is 12.1 Å². The van der Waals surface area contributed by atoms with Gasteiger partial charge < -0.3 is 15.5 Å². The molecule has 1 amide bonds. The number of likely N-dealkylation sites (N-methyl/N-ethyl adjacent to an activating group) is 1. The molecular formula is C12H16N4O2. The van der Waals surface area contributed by atoms with Crippen molar-refractivity contribution in [3.05, 3.63) is 30.1 Å². The number of carbonyl (C=O) groups is 1. The first-order chi connectivity index (χ1) is 8.59. The molecule has 1 aromatic heterocycles. The van der Waals surface area contributed by atoms with Crippen molar-refractivity contribution in [1.82, 2.24) is 14.6 Å². The summed E-state index contributed by atoms with van der Waals surface area (Å²) in [5.74, 6) is -0.481. The van der Waals surface area contributed by atoms with E-state index in [2.05, 4.69) is 4.98 Å². The summed E-state index contributed by atoms with van der Waals surface area (Å²) < 4.78 is 1.40. The SMILES string of the molecule is CN(C)CCOn1c(C(N)=O)nc2ccccc21. The van der Waals surface area contributed by atoms with E-state index in [1.54, 1.807) is 0 Å². The quantitative estimate of drug-likeness (QED) is 0.816. The van der Waals surface area contributed by atoms with Gasteiger partial charge >= 0.3 is 0 Å². The molecule has 2 rings (SSSR count). The summed E-state index contributed by atoms with van der Waals surface area (Å²) in [6, 6.07) is 7.36. The van der Waals surface area contributed by atoms with Crippen LogP contribution in [0.2, 0.25) is 0 Å². The molecule has 2 N–H and O–H groups in total. The Morgan fingerprint density at radius 1 is 1.44 bits per heavy atom. The van der Waals surface area contributed by atoms with Crippen LogP contribution in [0.5, 0.6) is 0 Å². The highest BCUT2D eigenvalue weighted by molar-refractivity contribution is 5.93. The molecule has 0 atom stereocenters. The lowest BCUT2D eigenvalue weighted by molar-refractivity contribution is 0.0828. The molecule has 0 radical (unpaired) electrons. The second-order valence-corrected chi connectivity index (χ2v) is 4.22. The molecule has 0 saturated heterocycles. The van der Waals surface area contributed by atoms with E-state index in [1.807, 2.05) is 43.3 Å². The number of amides is 1. The van der Waals surface area contributed by atoms with Gasteiger partial charge in [-0.25, -0.2) is 4.98 Å². The maximum Gasteiger partial charge on any atom is 0.288 e. The standard InChI is InChI=1S/C12H16N4O2/c1-15(2)7-8-18-16-10-6-4-3-5-9(10)14-12(16)11(13)17/h3-6H,7-8H2,1-2H3,(H2,13,17). The van der Waals surface area contributed by atoms with Gasteiger partial charge in [-0.2, -0.15) is 4.73 Å². The van der Waals surface area contributed by atoms with E-state index in [4.69, 9.17) is 10.6 Å². The van der Waals surface area contributed by atoms with E-state index in [1.165, 1.54) is 4.73 Å². The van der Waals surface area contributed by atoms with Gasteiger partial charge in [-0.3, -0.25) is 4.79 Å². The molecule has 0 unspecified atom stereocenters. The zero-order valence-electron chi connectivity index (χ0n) is 10.5. The Bertz CT molecular complexity index is 562. The maximum atomic E-state index is 11.3. The first-order valence-electron chi connectivity index (χ1n) is 5.65. The van der Waals surface area contributed by atoms with Crippen LogP contribution in [0, 0.1) is 0 Å². The lowest BCUT2D eigenvalue weighted by atomic mass is 10.3. The van der Waals surface area contributed by atoms with Crippen LogP contribution >= 0.6 is 0 Å². The van der Waals surface area contributed by atoms with Gasteiger partial charge in [0.2, 0.25) is 5.82 Å². The minimum absolute atomic E-state index is 0.120. The van der Waals surface area contributed by atoms with Crippen LogP contribution in [0.4, 0.5) is 0 Å². The van der Waals surface area contributed by atoms with Crippen molar-refractivity contribution >= 4 is 16.9 Å². The third kappa shape index (κ3) is 2.43. The summed E-state index contributed by atoms with van der Waals surface area (Å²) in [5, 5.41) is 0. The normalized spacial score (nSPS) is 11.1. The Morgan fingerprint density at radius 2 is 2.17 bits per heavy atom. The molecule has 6 nitrogen and oxygen atoms in total. The number of hydrogen-bond acceptors (Lipinski definition) is 4. The monoisotopic (exact) mass is 248 g/mol. The fourth-order valence-electron chi connectivity index (χ4n) is 1.60. The topological polar surface area (TPSA) is 73.4 Å². The van der Waals surface area contributed by atoms with E-state index >= 15 is 0 Å². The van der Waals surface area contributed by atoms with Crippen molar-refractivity contribution in [2.24, 2.45) is 5.73 Å². The average Bonchev–Trinajstić information content (AvgIpc) is 2.68. The molecule has 0 aliphatic rings. The maximum absolute atomic E-state index is 11.3. The molecular weight excluding hydrogens is 232 g/mol. The lowest BCUT2D eigenvalue weighted by Crippen LogP contribution is -2.27. The van der Waals surface area contributed by atoms with Crippen LogP contribution in [0.25, 0.3) is 11.0 Å². The van der Waals surface area contributed by atoms with Crippen LogP contribution in [0.3, 0.4) is 0 Å². The van der Waals surface area contributed by atoms with Gasteiger partial charge in [-0.15, -0.1) is 0 Å². The molecule has 2 aromatic rings. The predicted octanol–water partition coefficient (Wildman–Crippen LogP) is 0.125. The molecule has 18 heavy (non-hydrogen) atoms. The second-order valence-electron chi connectivity index (χ2n) is 4.22. The second kappa shape index (κ2) is 5.05. The first-order valence-corrected chi connectivity index (χ1v) is 5.65.